The third kappa shape index (κ3) is 18.6. The number of amides is 2. The monoisotopic (exact) mass is 758 g/mol. The number of carbonyl (C=O) groups excluding carboxylic acids is 3. The fourth-order valence-electron chi connectivity index (χ4n) is 6.87. The molecule has 0 bridgehead atoms. The van der Waals surface area contributed by atoms with Gasteiger partial charge in [0.1, 0.15) is 0 Å². The number of unbranched alkanes of at least 4 members (excludes halogenated alkanes) is 4. The summed E-state index contributed by atoms with van der Waals surface area (Å²) in [5.74, 6) is -0.615. The van der Waals surface area contributed by atoms with Gasteiger partial charge in [0.25, 0.3) is 0 Å². The largest absolute Gasteiger partial charge is 0.481 e. The van der Waals surface area contributed by atoms with Crippen LogP contribution in [0.1, 0.15) is 101 Å². The Morgan fingerprint density at radius 3 is 1.80 bits per heavy atom. The second-order valence-electron chi connectivity index (χ2n) is 14.3. The molecule has 3 N–H and O–H groups in total. The second-order valence-corrected chi connectivity index (χ2v) is 14.3. The lowest BCUT2D eigenvalue weighted by Gasteiger charge is -2.34. The van der Waals surface area contributed by atoms with E-state index in [-0.39, 0.29) is 36.3 Å². The molecule has 4 atom stereocenters. The van der Waals surface area contributed by atoms with E-state index in [9.17, 15) is 29.4 Å². The summed E-state index contributed by atoms with van der Waals surface area (Å²) < 4.78 is 4.64. The van der Waals surface area contributed by atoms with Crippen LogP contribution >= 0.6 is 0 Å². The Labute approximate surface area is 327 Å². The van der Waals surface area contributed by atoms with Crippen molar-refractivity contribution in [3.05, 3.63) is 108 Å². The van der Waals surface area contributed by atoms with Crippen LogP contribution in [0.3, 0.4) is 0 Å². The van der Waals surface area contributed by atoms with Crippen LogP contribution in [0.25, 0.3) is 0 Å². The maximum absolute atomic E-state index is 12.4. The van der Waals surface area contributed by atoms with Gasteiger partial charge in [0, 0.05) is 51.6 Å². The van der Waals surface area contributed by atoms with E-state index < -0.39 is 18.2 Å². The molecular weight excluding hydrogens is 697 g/mol. The number of benzene rings is 2. The fourth-order valence-corrected chi connectivity index (χ4v) is 6.87. The van der Waals surface area contributed by atoms with Crippen molar-refractivity contribution in [3.63, 3.8) is 0 Å². The van der Waals surface area contributed by atoms with Crippen LogP contribution in [0.4, 0.5) is 0 Å². The van der Waals surface area contributed by atoms with Crippen molar-refractivity contribution in [1.29, 1.82) is 0 Å². The quantitative estimate of drug-likeness (QED) is 0.0703. The Morgan fingerprint density at radius 2 is 1.25 bits per heavy atom. The van der Waals surface area contributed by atoms with Crippen LogP contribution in [0.2, 0.25) is 0 Å². The van der Waals surface area contributed by atoms with Crippen molar-refractivity contribution >= 4 is 23.8 Å². The molecule has 2 aliphatic heterocycles. The number of carboxylic acid groups (broad SMARTS) is 1. The summed E-state index contributed by atoms with van der Waals surface area (Å²) in [7, 11) is 1.41. The Hall–Kier alpha value is -4.54. The van der Waals surface area contributed by atoms with Crippen molar-refractivity contribution in [1.82, 2.24) is 9.80 Å². The molecule has 2 fully saturated rings. The topological polar surface area (TPSA) is 145 Å². The van der Waals surface area contributed by atoms with Gasteiger partial charge >= 0.3 is 11.9 Å². The number of methoxy groups -OCH3 is 1. The van der Waals surface area contributed by atoms with E-state index in [0.29, 0.717) is 51.5 Å². The molecule has 55 heavy (non-hydrogen) atoms. The Bertz CT molecular complexity index is 1510. The minimum Gasteiger partial charge on any atom is -0.481 e. The highest BCUT2D eigenvalue weighted by Crippen LogP contribution is 2.22. The predicted octanol–water partition coefficient (Wildman–Crippen LogP) is 6.99. The van der Waals surface area contributed by atoms with Crippen LogP contribution in [-0.4, -0.2) is 93.4 Å². The molecule has 0 aromatic heterocycles. The van der Waals surface area contributed by atoms with E-state index in [4.69, 9.17) is 5.11 Å². The summed E-state index contributed by atoms with van der Waals surface area (Å²) in [6.45, 7) is 1.26. The molecule has 0 radical (unpaired) electrons. The number of carboxylic acids is 1. The number of likely N-dealkylation sites (tertiary alicyclic amines) is 2. The maximum atomic E-state index is 12.4. The average Bonchev–Trinajstić information content (AvgIpc) is 3.18. The van der Waals surface area contributed by atoms with Crippen LogP contribution < -0.4 is 0 Å². The minimum atomic E-state index is -0.783. The Balaban J connectivity index is 0.000000296. The predicted molar refractivity (Wildman–Crippen MR) is 215 cm³/mol. The zero-order valence-electron chi connectivity index (χ0n) is 32.6. The molecule has 0 aliphatic carbocycles. The van der Waals surface area contributed by atoms with Gasteiger partial charge in [-0.1, -0.05) is 110 Å². The zero-order chi connectivity index (χ0) is 39.7. The number of aliphatic hydroxyl groups is 2. The number of hydrogen-bond acceptors (Lipinski definition) is 7. The molecule has 2 heterocycles. The van der Waals surface area contributed by atoms with E-state index in [0.717, 1.165) is 69.0 Å². The second kappa shape index (κ2) is 26.3. The van der Waals surface area contributed by atoms with E-state index in [1.807, 2.05) is 101 Å². The van der Waals surface area contributed by atoms with Crippen molar-refractivity contribution in [2.45, 2.75) is 127 Å². The SMILES string of the molecule is COC(=O)CCCCCCN1C(=O)CCC[C@@H]1C=CC(O)Cc1ccccc1.O=C(O)CCCC=CCN1C(=O)CCCC1C=CC(O)Cc1ccccc1. The zero-order valence-corrected chi connectivity index (χ0v) is 32.6. The number of carbonyl (C=O) groups is 4. The molecule has 10 nitrogen and oxygen atoms in total. The first-order valence-corrected chi connectivity index (χ1v) is 20.0. The first-order chi connectivity index (χ1) is 26.7. The lowest BCUT2D eigenvalue weighted by atomic mass is 9.99. The van der Waals surface area contributed by atoms with Gasteiger partial charge in [-0.2, -0.15) is 0 Å². The van der Waals surface area contributed by atoms with Gasteiger partial charge in [-0.15, -0.1) is 0 Å². The number of hydrogen-bond donors (Lipinski definition) is 3. The highest BCUT2D eigenvalue weighted by atomic mass is 16.5. The lowest BCUT2D eigenvalue weighted by molar-refractivity contribution is -0.141. The highest BCUT2D eigenvalue weighted by molar-refractivity contribution is 5.78. The first-order valence-electron chi connectivity index (χ1n) is 20.0. The number of esters is 1. The third-order valence-corrected chi connectivity index (χ3v) is 9.90. The minimum absolute atomic E-state index is 0.000318. The summed E-state index contributed by atoms with van der Waals surface area (Å²) in [6, 6.07) is 19.8. The van der Waals surface area contributed by atoms with Crippen molar-refractivity contribution < 1.29 is 39.2 Å². The van der Waals surface area contributed by atoms with Crippen molar-refractivity contribution in [2.24, 2.45) is 0 Å². The van der Waals surface area contributed by atoms with Gasteiger partial charge in [0.2, 0.25) is 11.8 Å². The molecule has 300 valence electrons. The Morgan fingerprint density at radius 1 is 0.727 bits per heavy atom. The number of ether oxygens (including phenoxy) is 1. The number of nitrogens with zero attached hydrogens (tertiary/aromatic N) is 2. The molecule has 10 heteroatoms. The van der Waals surface area contributed by atoms with Gasteiger partial charge in [-0.3, -0.25) is 19.2 Å². The van der Waals surface area contributed by atoms with Crippen LogP contribution in [0, 0.1) is 0 Å². The number of aliphatic carboxylic acids is 1. The Kier molecular flexibility index (Phi) is 21.4. The van der Waals surface area contributed by atoms with Crippen LogP contribution in [0.15, 0.2) is 97.1 Å². The number of allylic oxidation sites excluding steroid dienone is 1. The molecule has 0 saturated carbocycles. The van der Waals surface area contributed by atoms with Crippen LogP contribution in [-0.2, 0) is 36.8 Å². The van der Waals surface area contributed by atoms with E-state index in [1.165, 1.54) is 7.11 Å². The van der Waals surface area contributed by atoms with Gasteiger partial charge in [0.15, 0.2) is 0 Å². The molecule has 0 spiro atoms. The van der Waals surface area contributed by atoms with Gasteiger partial charge in [-0.25, -0.2) is 0 Å². The fraction of sp³-hybridized carbons (Fsp3) is 0.511. The van der Waals surface area contributed by atoms with E-state index in [2.05, 4.69) is 4.74 Å². The normalized spacial score (nSPS) is 18.7. The smallest absolute Gasteiger partial charge is 0.305 e. The molecule has 2 aromatic rings. The molecule has 2 aliphatic rings. The summed E-state index contributed by atoms with van der Waals surface area (Å²) in [5, 5.41) is 29.2. The molecule has 2 aromatic carbocycles. The standard InChI is InChI=1S/C23H33NO4.C22H29NO4/c1-28-23(27)14-7-2-3-8-17-24-20(12-9-13-22(24)26)15-16-21(25)18-19-10-5-4-6-11-19;24-20(17-18-9-4-3-5-10-18)15-14-19-11-8-12-21(25)23(19)16-7-2-1-6-13-22(26)27/h4-6,10-11,15-16,20-21,25H,2-3,7-9,12-14,17-18H2,1H3;2-5,7,9-10,14-15,19-20,24H,1,6,8,11-13,16-17H2,(H,26,27)/t20-,21?;/m1./s1. The number of aliphatic hydroxyl groups excluding tert-OH is 2. The molecule has 3 unspecified atom stereocenters. The van der Waals surface area contributed by atoms with E-state index in [1.54, 1.807) is 6.08 Å². The van der Waals surface area contributed by atoms with Gasteiger partial charge in [-0.05, 0) is 62.5 Å². The van der Waals surface area contributed by atoms with Crippen molar-refractivity contribution in [2.75, 3.05) is 20.2 Å². The molecule has 2 amide bonds. The van der Waals surface area contributed by atoms with E-state index >= 15 is 0 Å². The number of rotatable bonds is 21. The van der Waals surface area contributed by atoms with Crippen molar-refractivity contribution in [3.8, 4) is 0 Å². The molecule has 4 rings (SSSR count). The number of piperidine rings is 2. The summed E-state index contributed by atoms with van der Waals surface area (Å²) in [4.78, 5) is 50.0. The molecular formula is C45H62N2O8. The highest BCUT2D eigenvalue weighted by Gasteiger charge is 2.26. The lowest BCUT2D eigenvalue weighted by Crippen LogP contribution is -2.43. The summed E-state index contributed by atoms with van der Waals surface area (Å²) in [5.41, 5.74) is 2.18. The maximum Gasteiger partial charge on any atom is 0.305 e. The van der Waals surface area contributed by atoms with Gasteiger partial charge in [0.05, 0.1) is 31.4 Å². The summed E-state index contributed by atoms with van der Waals surface area (Å²) in [6.07, 6.45) is 21.9. The molecule has 2 saturated heterocycles. The van der Waals surface area contributed by atoms with Crippen LogP contribution in [0.5, 0.6) is 0 Å². The van der Waals surface area contributed by atoms with Gasteiger partial charge < -0.3 is 29.9 Å². The summed E-state index contributed by atoms with van der Waals surface area (Å²) >= 11 is 0. The first kappa shape index (κ1) is 44.9. The third-order valence-electron chi connectivity index (χ3n) is 9.90. The average molecular weight is 759 g/mol.